The van der Waals surface area contributed by atoms with Crippen molar-refractivity contribution in [1.82, 2.24) is 9.97 Å². The van der Waals surface area contributed by atoms with Crippen LogP contribution >= 0.6 is 11.6 Å². The third kappa shape index (κ3) is 2.79. The van der Waals surface area contributed by atoms with Crippen LogP contribution in [0.15, 0.2) is 12.4 Å². The van der Waals surface area contributed by atoms with Crippen molar-refractivity contribution in [3.63, 3.8) is 0 Å². The topological polar surface area (TPSA) is 49.2 Å². The molecule has 0 aromatic carbocycles. The highest BCUT2D eigenvalue weighted by Gasteiger charge is 2.27. The zero-order chi connectivity index (χ0) is 11.6. The molecule has 15 heavy (non-hydrogen) atoms. The van der Waals surface area contributed by atoms with Gasteiger partial charge in [0, 0.05) is 19.4 Å². The number of halogens is 1. The SMILES string of the molecule is CC(N(C)c1nccnc1Cl)C(C)(C)O. The summed E-state index contributed by atoms with van der Waals surface area (Å²) in [5, 5.41) is 10.2. The molecule has 0 saturated carbocycles. The van der Waals surface area contributed by atoms with E-state index in [9.17, 15) is 5.11 Å². The first-order valence-corrected chi connectivity index (χ1v) is 5.13. The van der Waals surface area contributed by atoms with E-state index in [0.29, 0.717) is 11.0 Å². The van der Waals surface area contributed by atoms with E-state index in [1.54, 1.807) is 20.0 Å². The average Bonchev–Trinajstić information content (AvgIpc) is 2.15. The van der Waals surface area contributed by atoms with Crippen LogP contribution < -0.4 is 4.90 Å². The molecule has 5 heteroatoms. The largest absolute Gasteiger partial charge is 0.388 e. The maximum Gasteiger partial charge on any atom is 0.171 e. The Hall–Kier alpha value is -0.870. The molecule has 0 amide bonds. The summed E-state index contributed by atoms with van der Waals surface area (Å²) >= 11 is 5.92. The molecule has 1 aromatic rings. The summed E-state index contributed by atoms with van der Waals surface area (Å²) in [4.78, 5) is 9.89. The molecule has 0 radical (unpaired) electrons. The normalized spacial score (nSPS) is 13.7. The summed E-state index contributed by atoms with van der Waals surface area (Å²) in [6, 6.07) is -0.105. The molecule has 0 bridgehead atoms. The molecule has 1 aromatic heterocycles. The molecular weight excluding hydrogens is 214 g/mol. The zero-order valence-electron chi connectivity index (χ0n) is 9.40. The van der Waals surface area contributed by atoms with Crippen molar-refractivity contribution in [3.8, 4) is 0 Å². The van der Waals surface area contributed by atoms with Gasteiger partial charge in [-0.3, -0.25) is 0 Å². The molecule has 0 aliphatic rings. The minimum absolute atomic E-state index is 0.105. The quantitative estimate of drug-likeness (QED) is 0.858. The molecule has 0 fully saturated rings. The number of aliphatic hydroxyl groups is 1. The van der Waals surface area contributed by atoms with Crippen molar-refractivity contribution < 1.29 is 5.11 Å². The van der Waals surface area contributed by atoms with Crippen molar-refractivity contribution in [3.05, 3.63) is 17.5 Å². The van der Waals surface area contributed by atoms with Crippen LogP contribution in [-0.4, -0.2) is 33.8 Å². The number of likely N-dealkylation sites (N-methyl/N-ethyl adjacent to an activating group) is 1. The van der Waals surface area contributed by atoms with Crippen LogP contribution in [0.3, 0.4) is 0 Å². The van der Waals surface area contributed by atoms with E-state index in [0.717, 1.165) is 0 Å². The van der Waals surface area contributed by atoms with E-state index >= 15 is 0 Å². The monoisotopic (exact) mass is 229 g/mol. The van der Waals surface area contributed by atoms with E-state index in [4.69, 9.17) is 11.6 Å². The van der Waals surface area contributed by atoms with Crippen LogP contribution in [0.5, 0.6) is 0 Å². The average molecular weight is 230 g/mol. The number of rotatable bonds is 3. The molecule has 0 aliphatic heterocycles. The molecule has 0 spiro atoms. The van der Waals surface area contributed by atoms with Crippen molar-refractivity contribution in [2.45, 2.75) is 32.4 Å². The highest BCUT2D eigenvalue weighted by molar-refractivity contribution is 6.31. The Morgan fingerprint density at radius 3 is 2.40 bits per heavy atom. The predicted octanol–water partition coefficient (Wildman–Crippen LogP) is 1.73. The lowest BCUT2D eigenvalue weighted by Crippen LogP contribution is -2.46. The Balaban J connectivity index is 2.95. The summed E-state index contributed by atoms with van der Waals surface area (Å²) in [6.45, 7) is 5.40. The maximum atomic E-state index is 9.88. The summed E-state index contributed by atoms with van der Waals surface area (Å²) < 4.78 is 0. The van der Waals surface area contributed by atoms with Crippen LogP contribution in [0.4, 0.5) is 5.82 Å². The van der Waals surface area contributed by atoms with E-state index in [1.807, 2.05) is 18.9 Å². The van der Waals surface area contributed by atoms with Gasteiger partial charge in [0.2, 0.25) is 0 Å². The highest BCUT2D eigenvalue weighted by atomic mass is 35.5. The van der Waals surface area contributed by atoms with Crippen LogP contribution in [0.2, 0.25) is 5.15 Å². The fourth-order valence-electron chi connectivity index (χ4n) is 1.21. The Bertz CT molecular complexity index is 338. The lowest BCUT2D eigenvalue weighted by molar-refractivity contribution is 0.0563. The highest BCUT2D eigenvalue weighted by Crippen LogP contribution is 2.24. The number of aromatic nitrogens is 2. The number of nitrogens with zero attached hydrogens (tertiary/aromatic N) is 3. The molecule has 0 saturated heterocycles. The van der Waals surface area contributed by atoms with Gasteiger partial charge in [-0.2, -0.15) is 0 Å². The first-order chi connectivity index (χ1) is 6.84. The summed E-state index contributed by atoms with van der Waals surface area (Å²) in [5.41, 5.74) is -0.824. The minimum atomic E-state index is -0.824. The summed E-state index contributed by atoms with van der Waals surface area (Å²) in [6.07, 6.45) is 3.11. The maximum absolute atomic E-state index is 9.88. The van der Waals surface area contributed by atoms with Gasteiger partial charge in [-0.15, -0.1) is 0 Å². The summed E-state index contributed by atoms with van der Waals surface area (Å²) in [7, 11) is 1.83. The van der Waals surface area contributed by atoms with Crippen molar-refractivity contribution in [2.75, 3.05) is 11.9 Å². The molecule has 84 valence electrons. The van der Waals surface area contributed by atoms with E-state index in [-0.39, 0.29) is 6.04 Å². The van der Waals surface area contributed by atoms with E-state index < -0.39 is 5.60 Å². The van der Waals surface area contributed by atoms with Gasteiger partial charge in [-0.25, -0.2) is 9.97 Å². The Kier molecular flexibility index (Phi) is 3.52. The second kappa shape index (κ2) is 4.33. The van der Waals surface area contributed by atoms with Gasteiger partial charge in [-0.1, -0.05) is 11.6 Å². The Morgan fingerprint density at radius 2 is 1.93 bits per heavy atom. The van der Waals surface area contributed by atoms with Gasteiger partial charge >= 0.3 is 0 Å². The van der Waals surface area contributed by atoms with Crippen LogP contribution in [0.25, 0.3) is 0 Å². The molecule has 1 atom stereocenters. The van der Waals surface area contributed by atoms with Crippen molar-refractivity contribution >= 4 is 17.4 Å². The van der Waals surface area contributed by atoms with Crippen molar-refractivity contribution in [1.29, 1.82) is 0 Å². The number of hydrogen-bond donors (Lipinski definition) is 1. The first kappa shape index (κ1) is 12.2. The Labute approximate surface area is 94.9 Å². The van der Waals surface area contributed by atoms with Gasteiger partial charge < -0.3 is 10.0 Å². The third-order valence-corrected chi connectivity index (χ3v) is 2.84. The van der Waals surface area contributed by atoms with Crippen LogP contribution in [-0.2, 0) is 0 Å². The minimum Gasteiger partial charge on any atom is -0.388 e. The molecule has 1 rings (SSSR count). The summed E-state index contributed by atoms with van der Waals surface area (Å²) in [5.74, 6) is 0.578. The fourth-order valence-corrected chi connectivity index (χ4v) is 1.45. The van der Waals surface area contributed by atoms with E-state index in [1.165, 1.54) is 6.20 Å². The Morgan fingerprint density at radius 1 is 1.40 bits per heavy atom. The van der Waals surface area contributed by atoms with Gasteiger partial charge in [0.05, 0.1) is 11.6 Å². The molecule has 1 heterocycles. The van der Waals surface area contributed by atoms with Gasteiger partial charge in [0.1, 0.15) is 0 Å². The standard InChI is InChI=1S/C10H16ClN3O/c1-7(10(2,3)15)14(4)9-8(11)12-5-6-13-9/h5-7,15H,1-4H3. The van der Waals surface area contributed by atoms with Gasteiger partial charge in [-0.05, 0) is 20.8 Å². The van der Waals surface area contributed by atoms with Gasteiger partial charge in [0.25, 0.3) is 0 Å². The smallest absolute Gasteiger partial charge is 0.171 e. The molecule has 4 nitrogen and oxygen atoms in total. The molecule has 0 aliphatic carbocycles. The van der Waals surface area contributed by atoms with E-state index in [2.05, 4.69) is 9.97 Å². The lowest BCUT2D eigenvalue weighted by Gasteiger charge is -2.34. The fraction of sp³-hybridized carbons (Fsp3) is 0.600. The zero-order valence-corrected chi connectivity index (χ0v) is 10.2. The second-order valence-corrected chi connectivity index (χ2v) is 4.47. The predicted molar refractivity (Wildman–Crippen MR) is 61.2 cm³/mol. The molecule has 1 N–H and O–H groups in total. The van der Waals surface area contributed by atoms with Crippen LogP contribution in [0.1, 0.15) is 20.8 Å². The number of anilines is 1. The first-order valence-electron chi connectivity index (χ1n) is 4.75. The third-order valence-electron chi connectivity index (χ3n) is 2.57. The molecular formula is C10H16ClN3O. The van der Waals surface area contributed by atoms with Crippen LogP contribution in [0, 0.1) is 0 Å². The van der Waals surface area contributed by atoms with Gasteiger partial charge in [0.15, 0.2) is 11.0 Å². The van der Waals surface area contributed by atoms with Crippen molar-refractivity contribution in [2.24, 2.45) is 0 Å². The lowest BCUT2D eigenvalue weighted by atomic mass is 10.00. The molecule has 1 unspecified atom stereocenters. The number of hydrogen-bond acceptors (Lipinski definition) is 4. The second-order valence-electron chi connectivity index (χ2n) is 4.11.